The van der Waals surface area contributed by atoms with Crippen LogP contribution in [0.1, 0.15) is 0 Å². The first kappa shape index (κ1) is 16.0. The van der Waals surface area contributed by atoms with Crippen molar-refractivity contribution in [2.24, 2.45) is 0 Å². The molecule has 0 saturated carbocycles. The highest BCUT2D eigenvalue weighted by Gasteiger charge is 2.15. The molecule has 92 valence electrons. The highest BCUT2D eigenvalue weighted by molar-refractivity contribution is 7.91. The van der Waals surface area contributed by atoms with Crippen LogP contribution in [0.2, 0.25) is 0 Å². The summed E-state index contributed by atoms with van der Waals surface area (Å²) < 4.78 is 24.1. The van der Waals surface area contributed by atoms with E-state index in [9.17, 15) is 8.42 Å². The van der Waals surface area contributed by atoms with Gasteiger partial charge in [-0.25, -0.2) is 8.42 Å². The molecule has 5 heteroatoms. The van der Waals surface area contributed by atoms with Crippen LogP contribution in [-0.2, 0) is 9.84 Å². The average molecular weight is 291 g/mol. The van der Waals surface area contributed by atoms with Crippen LogP contribution in [0.3, 0.4) is 0 Å². The molecule has 0 saturated heterocycles. The zero-order valence-corrected chi connectivity index (χ0v) is 11.3. The first-order valence-corrected chi connectivity index (χ1v) is 6.05. The first-order valence-electron chi connectivity index (χ1n) is 4.56. The molecule has 0 aliphatic carbocycles. The van der Waals surface area contributed by atoms with Crippen molar-refractivity contribution in [3.05, 3.63) is 60.7 Å². The SMILES string of the molecule is Cl.Cl.O=S(=O)(c1ccccc1)c1ccccc1. The van der Waals surface area contributed by atoms with Gasteiger partial charge < -0.3 is 0 Å². The topological polar surface area (TPSA) is 34.1 Å². The van der Waals surface area contributed by atoms with Crippen LogP contribution < -0.4 is 0 Å². The lowest BCUT2D eigenvalue weighted by atomic mass is 10.4. The van der Waals surface area contributed by atoms with Gasteiger partial charge in [0.1, 0.15) is 0 Å². The van der Waals surface area contributed by atoms with E-state index < -0.39 is 9.84 Å². The molecular weight excluding hydrogens is 279 g/mol. The number of hydrogen-bond donors (Lipinski definition) is 0. The van der Waals surface area contributed by atoms with E-state index >= 15 is 0 Å². The summed E-state index contributed by atoms with van der Waals surface area (Å²) in [6, 6.07) is 16.9. The lowest BCUT2D eigenvalue weighted by Gasteiger charge is -2.03. The Kier molecular flexibility index (Phi) is 6.24. The molecule has 2 nitrogen and oxygen atoms in total. The van der Waals surface area contributed by atoms with Gasteiger partial charge in [0.05, 0.1) is 9.79 Å². The molecule has 0 spiro atoms. The molecule has 0 fully saturated rings. The molecule has 0 heterocycles. The quantitative estimate of drug-likeness (QED) is 0.850. The fourth-order valence-electron chi connectivity index (χ4n) is 1.34. The van der Waals surface area contributed by atoms with Gasteiger partial charge >= 0.3 is 0 Å². The van der Waals surface area contributed by atoms with Crippen LogP contribution >= 0.6 is 24.8 Å². The molecule has 0 unspecified atom stereocenters. The number of benzene rings is 2. The normalized spacial score (nSPS) is 9.88. The van der Waals surface area contributed by atoms with Crippen LogP contribution in [0, 0.1) is 0 Å². The van der Waals surface area contributed by atoms with Gasteiger partial charge in [-0.3, -0.25) is 0 Å². The highest BCUT2D eigenvalue weighted by atomic mass is 35.5. The molecule has 0 bridgehead atoms. The van der Waals surface area contributed by atoms with E-state index in [1.165, 1.54) is 0 Å². The van der Waals surface area contributed by atoms with E-state index in [0.717, 1.165) is 0 Å². The first-order chi connectivity index (χ1) is 7.21. The highest BCUT2D eigenvalue weighted by Crippen LogP contribution is 2.19. The summed E-state index contributed by atoms with van der Waals surface area (Å²) in [5.41, 5.74) is 0. The van der Waals surface area contributed by atoms with Crippen molar-refractivity contribution >= 4 is 34.7 Å². The Morgan fingerprint density at radius 1 is 0.588 bits per heavy atom. The van der Waals surface area contributed by atoms with E-state index in [4.69, 9.17) is 0 Å². The predicted octanol–water partition coefficient (Wildman–Crippen LogP) is 3.36. The molecule has 2 aromatic carbocycles. The second kappa shape index (κ2) is 6.64. The van der Waals surface area contributed by atoms with Gasteiger partial charge in [0.15, 0.2) is 0 Å². The minimum absolute atomic E-state index is 0. The van der Waals surface area contributed by atoms with Gasteiger partial charge in [-0.1, -0.05) is 36.4 Å². The summed E-state index contributed by atoms with van der Waals surface area (Å²) in [7, 11) is -3.34. The fourth-order valence-corrected chi connectivity index (χ4v) is 2.64. The van der Waals surface area contributed by atoms with Crippen molar-refractivity contribution in [3.8, 4) is 0 Å². The molecule has 2 rings (SSSR count). The van der Waals surface area contributed by atoms with E-state index in [-0.39, 0.29) is 24.8 Å². The number of sulfone groups is 1. The number of rotatable bonds is 2. The minimum Gasteiger partial charge on any atom is -0.219 e. The lowest BCUT2D eigenvalue weighted by Crippen LogP contribution is -2.00. The Morgan fingerprint density at radius 3 is 1.18 bits per heavy atom. The summed E-state index contributed by atoms with van der Waals surface area (Å²) in [5, 5.41) is 0. The van der Waals surface area contributed by atoms with E-state index in [1.54, 1.807) is 60.7 Å². The summed E-state index contributed by atoms with van der Waals surface area (Å²) in [6.45, 7) is 0. The van der Waals surface area contributed by atoms with E-state index in [1.807, 2.05) is 0 Å². The van der Waals surface area contributed by atoms with Crippen LogP contribution in [-0.4, -0.2) is 8.42 Å². The Hall–Kier alpha value is -1.03. The Labute approximate surface area is 113 Å². The summed E-state index contributed by atoms with van der Waals surface area (Å²) in [4.78, 5) is 0.660. The maximum absolute atomic E-state index is 12.0. The molecule has 0 aromatic heterocycles. The zero-order valence-electron chi connectivity index (χ0n) is 8.81. The van der Waals surface area contributed by atoms with Crippen LogP contribution in [0.25, 0.3) is 0 Å². The van der Waals surface area contributed by atoms with Crippen molar-refractivity contribution in [2.45, 2.75) is 9.79 Å². The molecule has 0 atom stereocenters. The van der Waals surface area contributed by atoms with E-state index in [2.05, 4.69) is 0 Å². The third kappa shape index (κ3) is 3.46. The Balaban J connectivity index is 0.00000128. The van der Waals surface area contributed by atoms with Gasteiger partial charge in [-0.05, 0) is 24.3 Å². The van der Waals surface area contributed by atoms with Gasteiger partial charge in [-0.2, -0.15) is 0 Å². The lowest BCUT2D eigenvalue weighted by molar-refractivity contribution is 0.596. The van der Waals surface area contributed by atoms with Crippen molar-refractivity contribution in [2.75, 3.05) is 0 Å². The van der Waals surface area contributed by atoms with Gasteiger partial charge in [0.2, 0.25) is 9.84 Å². The minimum atomic E-state index is -3.34. The summed E-state index contributed by atoms with van der Waals surface area (Å²) >= 11 is 0. The molecule has 0 N–H and O–H groups in total. The molecular formula is C12H12Cl2O2S. The Bertz CT molecular complexity index is 494. The molecule has 17 heavy (non-hydrogen) atoms. The average Bonchev–Trinajstić information content (AvgIpc) is 2.31. The van der Waals surface area contributed by atoms with Crippen LogP contribution in [0.5, 0.6) is 0 Å². The van der Waals surface area contributed by atoms with Crippen molar-refractivity contribution in [1.82, 2.24) is 0 Å². The maximum atomic E-state index is 12.0. The van der Waals surface area contributed by atoms with E-state index in [0.29, 0.717) is 9.79 Å². The van der Waals surface area contributed by atoms with Crippen molar-refractivity contribution in [3.63, 3.8) is 0 Å². The van der Waals surface area contributed by atoms with Gasteiger partial charge in [-0.15, -0.1) is 24.8 Å². The maximum Gasteiger partial charge on any atom is 0.206 e. The fraction of sp³-hybridized carbons (Fsp3) is 0. The van der Waals surface area contributed by atoms with Crippen LogP contribution in [0.4, 0.5) is 0 Å². The summed E-state index contributed by atoms with van der Waals surface area (Å²) in [6.07, 6.45) is 0. The van der Waals surface area contributed by atoms with Gasteiger partial charge in [0.25, 0.3) is 0 Å². The smallest absolute Gasteiger partial charge is 0.206 e. The third-order valence-electron chi connectivity index (χ3n) is 2.11. The summed E-state index contributed by atoms with van der Waals surface area (Å²) in [5.74, 6) is 0. The van der Waals surface area contributed by atoms with Crippen molar-refractivity contribution < 1.29 is 8.42 Å². The van der Waals surface area contributed by atoms with Crippen LogP contribution in [0.15, 0.2) is 70.5 Å². The molecule has 2 aromatic rings. The molecule has 0 radical (unpaired) electrons. The molecule has 0 aliphatic heterocycles. The van der Waals surface area contributed by atoms with Crippen molar-refractivity contribution in [1.29, 1.82) is 0 Å². The second-order valence-corrected chi connectivity index (χ2v) is 5.08. The zero-order chi connectivity index (χ0) is 10.7. The van der Waals surface area contributed by atoms with Gasteiger partial charge in [0, 0.05) is 0 Å². The molecule has 0 amide bonds. The second-order valence-electron chi connectivity index (χ2n) is 3.13. The monoisotopic (exact) mass is 290 g/mol. The number of hydrogen-bond acceptors (Lipinski definition) is 2. The largest absolute Gasteiger partial charge is 0.219 e. The third-order valence-corrected chi connectivity index (χ3v) is 3.89. The molecule has 0 aliphatic rings. The predicted molar refractivity (Wildman–Crippen MR) is 72.8 cm³/mol. The Morgan fingerprint density at radius 2 is 0.882 bits per heavy atom. The number of halogens is 2. The standard InChI is InChI=1S/C12H10O2S.2ClH/c13-15(14,11-7-3-1-4-8-11)12-9-5-2-6-10-12;;/h1-10H;2*1H.